The van der Waals surface area contributed by atoms with Crippen LogP contribution in [-0.2, 0) is 68.1 Å². The van der Waals surface area contributed by atoms with E-state index in [9.17, 15) is 24.0 Å². The Balaban J connectivity index is 0.000000206. The van der Waals surface area contributed by atoms with E-state index in [1.165, 1.54) is 18.7 Å². The number of aryl methyl sites for hydroxylation is 4. The number of carbonyl (C=O) groups is 5. The third-order valence-corrected chi connectivity index (χ3v) is 21.2. The van der Waals surface area contributed by atoms with Crippen LogP contribution >= 0.6 is 0 Å². The molecule has 4 aliphatic heterocycles. The molecule has 602 valence electrons. The third-order valence-electron chi connectivity index (χ3n) is 21.2. The van der Waals surface area contributed by atoms with Crippen LogP contribution in [0.3, 0.4) is 0 Å². The van der Waals surface area contributed by atoms with Crippen molar-refractivity contribution in [1.29, 1.82) is 0 Å². The molecule has 0 aliphatic carbocycles. The van der Waals surface area contributed by atoms with Crippen molar-refractivity contribution in [3.05, 3.63) is 213 Å². The number of nitrogens with zero attached hydrogens (tertiary/aromatic N) is 9. The number of piperazine rings is 2. The van der Waals surface area contributed by atoms with E-state index in [1.54, 1.807) is 68.8 Å². The number of methoxy groups -OCH3 is 2. The van der Waals surface area contributed by atoms with Gasteiger partial charge in [-0.3, -0.25) is 28.9 Å². The van der Waals surface area contributed by atoms with Gasteiger partial charge in [0.1, 0.15) is 17.8 Å². The van der Waals surface area contributed by atoms with Crippen molar-refractivity contribution in [2.24, 2.45) is 0 Å². The Morgan fingerprint density at radius 1 is 0.491 bits per heavy atom. The normalized spacial score (nSPS) is 14.9. The smallest absolute Gasteiger partial charge is 0.251 e. The van der Waals surface area contributed by atoms with Crippen LogP contribution in [0, 0.1) is 0 Å². The van der Waals surface area contributed by atoms with Crippen molar-refractivity contribution in [2.75, 3.05) is 118 Å². The lowest BCUT2D eigenvalue weighted by Gasteiger charge is -2.32. The van der Waals surface area contributed by atoms with E-state index in [1.807, 2.05) is 77.2 Å². The average molecular weight is 1550 g/mol. The lowest BCUT2D eigenvalue weighted by Crippen LogP contribution is -2.43. The van der Waals surface area contributed by atoms with Crippen molar-refractivity contribution in [3.63, 3.8) is 0 Å². The SMILES string of the molecule is C.CCc1nc2c(cnn2CC)c(NC2CCOCC2)c1CNC(=O)c1cccc(C(=O)NCc2cc(OC)cc(-c3cccc(C=O)c3)c2)c1.CCc1nc2c(cnn2CC)c(NC2CCOCC2)c1CNC(=O)c1cccc(C(=O)NCc2cc(OC)cc(-c3cccc(CN4CCN(C)CC4)c3)c2)c1.CN1CCNCC1. The molecule has 4 aromatic heterocycles. The lowest BCUT2D eigenvalue weighted by atomic mass is 10.00. The Kier molecular flexibility index (Phi) is 30.4. The molecule has 4 aliphatic rings. The highest BCUT2D eigenvalue weighted by Gasteiger charge is 2.26. The molecule has 7 N–H and O–H groups in total. The molecule has 25 heteroatoms. The van der Waals surface area contributed by atoms with Gasteiger partial charge in [0.25, 0.3) is 23.6 Å². The molecule has 114 heavy (non-hydrogen) atoms. The van der Waals surface area contributed by atoms with Gasteiger partial charge >= 0.3 is 0 Å². The molecule has 4 fully saturated rings. The summed E-state index contributed by atoms with van der Waals surface area (Å²) in [6.45, 7) is 23.5. The van der Waals surface area contributed by atoms with Gasteiger partial charge in [-0.2, -0.15) is 10.2 Å². The summed E-state index contributed by atoms with van der Waals surface area (Å²) in [6.07, 6.45) is 9.49. The van der Waals surface area contributed by atoms with Crippen molar-refractivity contribution >= 4 is 63.4 Å². The Hall–Kier alpha value is -10.9. The fourth-order valence-electron chi connectivity index (χ4n) is 14.7. The van der Waals surface area contributed by atoms with Gasteiger partial charge in [0.2, 0.25) is 0 Å². The van der Waals surface area contributed by atoms with E-state index in [2.05, 4.69) is 127 Å². The Labute approximate surface area is 669 Å². The summed E-state index contributed by atoms with van der Waals surface area (Å²) < 4.78 is 26.2. The molecule has 6 aromatic carbocycles. The summed E-state index contributed by atoms with van der Waals surface area (Å²) in [5.41, 5.74) is 16.3. The number of benzene rings is 6. The van der Waals surface area contributed by atoms with E-state index in [0.29, 0.717) is 92.5 Å². The molecule has 8 heterocycles. The number of likely N-dealkylation sites (N-methyl/N-ethyl adjacent to an activating group) is 2. The zero-order valence-corrected chi connectivity index (χ0v) is 66.5. The van der Waals surface area contributed by atoms with E-state index >= 15 is 0 Å². The van der Waals surface area contributed by atoms with Crippen LogP contribution in [0.25, 0.3) is 44.3 Å². The first-order valence-electron chi connectivity index (χ1n) is 39.7. The van der Waals surface area contributed by atoms with E-state index in [4.69, 9.17) is 28.9 Å². The molecule has 0 bridgehead atoms. The van der Waals surface area contributed by atoms with Crippen molar-refractivity contribution in [3.8, 4) is 33.8 Å². The summed E-state index contributed by atoms with van der Waals surface area (Å²) in [5, 5.41) is 34.0. The minimum atomic E-state index is -0.314. The summed E-state index contributed by atoms with van der Waals surface area (Å²) in [5.74, 6) is 0.213. The third kappa shape index (κ3) is 21.9. The zero-order valence-electron chi connectivity index (χ0n) is 66.5. The Morgan fingerprint density at radius 2 is 0.904 bits per heavy atom. The van der Waals surface area contributed by atoms with Gasteiger partial charge in [0.05, 0.1) is 48.8 Å². The second-order valence-corrected chi connectivity index (χ2v) is 29.1. The average Bonchev–Trinajstić information content (AvgIpc) is 1.58. The second-order valence-electron chi connectivity index (χ2n) is 29.1. The Morgan fingerprint density at radius 3 is 1.32 bits per heavy atom. The molecule has 0 saturated carbocycles. The van der Waals surface area contributed by atoms with Gasteiger partial charge in [-0.15, -0.1) is 0 Å². The molecule has 4 saturated heterocycles. The van der Waals surface area contributed by atoms with Gasteiger partial charge in [-0.05, 0) is 190 Å². The van der Waals surface area contributed by atoms with Crippen LogP contribution in [0.15, 0.2) is 146 Å². The van der Waals surface area contributed by atoms with Crippen molar-refractivity contribution in [1.82, 2.24) is 70.8 Å². The predicted octanol–water partition coefficient (Wildman–Crippen LogP) is 12.0. The summed E-state index contributed by atoms with van der Waals surface area (Å²) in [6, 6.07) is 41.7. The van der Waals surface area contributed by atoms with Crippen molar-refractivity contribution in [2.45, 2.75) is 132 Å². The number of rotatable bonds is 27. The number of carbonyl (C=O) groups excluding carboxylic acids is 5. The van der Waals surface area contributed by atoms with Crippen LogP contribution in [0.1, 0.15) is 152 Å². The highest BCUT2D eigenvalue weighted by atomic mass is 16.5. The van der Waals surface area contributed by atoms with Crippen LogP contribution < -0.4 is 46.7 Å². The van der Waals surface area contributed by atoms with E-state index < -0.39 is 0 Å². The summed E-state index contributed by atoms with van der Waals surface area (Å²) >= 11 is 0. The standard InChI is InChI=1S/C44H54N8O4.C39H42N6O5.C5H12N2.CH4/c1-5-40-38(41(48-36-13-19-56-20-14-36)39-28-47-52(6-2)42(39)49-40)27-46-44(54)34-12-8-11-33(24-34)43(53)45-26-31-22-35(25-37(23-31)55-4)32-10-7-9-30(21-32)29-51-17-15-50(3)16-18-51;1-4-35-33(36(43-31-12-14-50-15-13-31)34-23-42-45(5-2)37(34)44-35)22-41-39(48)29-11-7-10-28(19-29)38(47)40-21-26-17-30(20-32(18-26)49-3)27-9-6-8-25(16-27)24-46;1-7-4-2-6-3-5-7;/h7-12,21-25,28,36H,5-6,13-20,26-27,29H2,1-4H3,(H,45,53)(H,46,54)(H,48,49);6-11,16-20,23-24,31H,4-5,12-15,21-22H2,1-3H3,(H,40,47)(H,41,48)(H,43,44);6H,2-5H2,1H3;1H4. The quantitative estimate of drug-likeness (QED) is 0.0236. The number of hydrogen-bond acceptors (Lipinski definition) is 19. The molecular weight excluding hydrogens is 1440 g/mol. The van der Waals surface area contributed by atoms with Gasteiger partial charge in [-0.1, -0.05) is 69.8 Å². The van der Waals surface area contributed by atoms with Gasteiger partial charge in [0, 0.05) is 187 Å². The van der Waals surface area contributed by atoms with E-state index in [-0.39, 0.29) is 62.8 Å². The molecule has 25 nitrogen and oxygen atoms in total. The highest BCUT2D eigenvalue weighted by Crippen LogP contribution is 2.35. The zero-order chi connectivity index (χ0) is 79.2. The number of pyridine rings is 2. The van der Waals surface area contributed by atoms with Crippen LogP contribution in [0.4, 0.5) is 11.4 Å². The maximum atomic E-state index is 13.6. The summed E-state index contributed by atoms with van der Waals surface area (Å²) in [7, 11) is 7.57. The van der Waals surface area contributed by atoms with Gasteiger partial charge in [-0.25, -0.2) is 19.3 Å². The lowest BCUT2D eigenvalue weighted by molar-refractivity contribution is 0.0903. The minimum absolute atomic E-state index is 0. The van der Waals surface area contributed by atoms with Crippen LogP contribution in [0.5, 0.6) is 11.5 Å². The van der Waals surface area contributed by atoms with E-state index in [0.717, 1.165) is 173 Å². The highest BCUT2D eigenvalue weighted by molar-refractivity contribution is 6.01. The molecule has 0 atom stereocenters. The Bertz CT molecular complexity index is 4920. The number of aromatic nitrogens is 6. The van der Waals surface area contributed by atoms with Gasteiger partial charge in [0.15, 0.2) is 11.3 Å². The maximum absolute atomic E-state index is 13.6. The van der Waals surface area contributed by atoms with Crippen LogP contribution in [-0.4, -0.2) is 193 Å². The first-order valence-corrected chi connectivity index (χ1v) is 39.7. The minimum Gasteiger partial charge on any atom is -0.497 e. The first kappa shape index (κ1) is 84.0. The maximum Gasteiger partial charge on any atom is 0.251 e. The second kappa shape index (κ2) is 41.2. The molecular formula is C89H112N16O9. The molecule has 4 amide bonds. The number of hydrogen-bond donors (Lipinski definition) is 7. The molecule has 14 rings (SSSR count). The largest absolute Gasteiger partial charge is 0.497 e. The number of anilines is 2. The van der Waals surface area contributed by atoms with Crippen molar-refractivity contribution < 1.29 is 42.9 Å². The molecule has 0 radical (unpaired) electrons. The topological polar surface area (TPSA) is 278 Å². The monoisotopic (exact) mass is 1550 g/mol. The number of ether oxygens (including phenoxy) is 4. The molecule has 10 aromatic rings. The van der Waals surface area contributed by atoms with Crippen LogP contribution in [0.2, 0.25) is 0 Å². The fraction of sp³-hybridized carbons (Fsp3) is 0.404. The fourth-order valence-corrected chi connectivity index (χ4v) is 14.7. The number of amides is 4. The summed E-state index contributed by atoms with van der Waals surface area (Å²) in [4.78, 5) is 82.4. The van der Waals surface area contributed by atoms with Gasteiger partial charge < -0.3 is 66.0 Å². The predicted molar refractivity (Wildman–Crippen MR) is 450 cm³/mol. The molecule has 0 spiro atoms. The number of nitrogens with one attached hydrogen (secondary N) is 7. The molecule has 0 unspecified atom stereocenters. The first-order chi connectivity index (χ1) is 55.1. The number of aldehydes is 1. The number of fused-ring (bicyclic) bond motifs is 2.